The zero-order chi connectivity index (χ0) is 15.4. The first-order valence-electron chi connectivity index (χ1n) is 5.82. The molecule has 0 saturated carbocycles. The first-order valence-corrected chi connectivity index (χ1v) is 7.40. The van der Waals surface area contributed by atoms with Gasteiger partial charge >= 0.3 is 5.97 Å². The summed E-state index contributed by atoms with van der Waals surface area (Å²) in [6, 6.07) is 3.65. The van der Waals surface area contributed by atoms with Crippen LogP contribution in [-0.4, -0.2) is 28.2 Å². The van der Waals surface area contributed by atoms with Gasteiger partial charge in [-0.2, -0.15) is 0 Å². The molecule has 21 heavy (non-hydrogen) atoms. The van der Waals surface area contributed by atoms with E-state index in [2.05, 4.69) is 47.1 Å². The van der Waals surface area contributed by atoms with E-state index in [4.69, 9.17) is 9.84 Å². The number of carbonyl (C=O) groups is 1. The Kier molecular flexibility index (Phi) is 5.13. The summed E-state index contributed by atoms with van der Waals surface area (Å²) in [5.74, 6) is -0.387. The molecule has 2 N–H and O–H groups in total. The van der Waals surface area contributed by atoms with E-state index in [1.165, 1.54) is 12.5 Å². The lowest BCUT2D eigenvalue weighted by molar-refractivity contribution is 0.0694. The van der Waals surface area contributed by atoms with Crippen molar-refractivity contribution in [2.75, 3.05) is 12.4 Å². The van der Waals surface area contributed by atoms with Gasteiger partial charge in [0.15, 0.2) is 0 Å². The molecule has 0 aliphatic rings. The van der Waals surface area contributed by atoms with Crippen molar-refractivity contribution in [2.45, 2.75) is 6.54 Å². The maximum Gasteiger partial charge on any atom is 0.339 e. The Balaban J connectivity index is 2.23. The average molecular weight is 417 g/mol. The monoisotopic (exact) mass is 415 g/mol. The molecule has 0 amide bonds. The lowest BCUT2D eigenvalue weighted by Gasteiger charge is -2.12. The molecule has 6 nitrogen and oxygen atoms in total. The molecular formula is C13H11Br2N3O3. The van der Waals surface area contributed by atoms with Gasteiger partial charge in [0.05, 0.1) is 29.5 Å². The predicted octanol–water partition coefficient (Wildman–Crippen LogP) is 3.32. The van der Waals surface area contributed by atoms with Crippen LogP contribution < -0.4 is 10.1 Å². The second-order valence-corrected chi connectivity index (χ2v) is 5.72. The van der Waals surface area contributed by atoms with Crippen LogP contribution in [0.25, 0.3) is 0 Å². The Hall–Kier alpha value is -1.67. The summed E-state index contributed by atoms with van der Waals surface area (Å²) in [5, 5.41) is 12.2. The van der Waals surface area contributed by atoms with Gasteiger partial charge in [-0.25, -0.2) is 14.8 Å². The molecule has 0 aliphatic heterocycles. The molecule has 1 heterocycles. The molecule has 8 heteroatoms. The van der Waals surface area contributed by atoms with Crippen LogP contribution in [0.1, 0.15) is 16.1 Å². The van der Waals surface area contributed by atoms with Gasteiger partial charge in [0, 0.05) is 16.7 Å². The number of rotatable bonds is 5. The molecule has 0 bridgehead atoms. The van der Waals surface area contributed by atoms with Gasteiger partial charge in [0.1, 0.15) is 17.6 Å². The summed E-state index contributed by atoms with van der Waals surface area (Å²) in [7, 11) is 1.57. The highest BCUT2D eigenvalue weighted by Gasteiger charge is 2.12. The van der Waals surface area contributed by atoms with Crippen molar-refractivity contribution >= 4 is 43.5 Å². The van der Waals surface area contributed by atoms with E-state index in [9.17, 15) is 4.79 Å². The number of nitrogens with zero attached hydrogens (tertiary/aromatic N) is 2. The van der Waals surface area contributed by atoms with Crippen LogP contribution in [0.2, 0.25) is 0 Å². The van der Waals surface area contributed by atoms with Crippen molar-refractivity contribution < 1.29 is 14.6 Å². The van der Waals surface area contributed by atoms with Crippen molar-refractivity contribution in [1.29, 1.82) is 0 Å². The third-order valence-corrected chi connectivity index (χ3v) is 3.99. The molecule has 0 fully saturated rings. The topological polar surface area (TPSA) is 84.3 Å². The molecule has 2 rings (SSSR count). The van der Waals surface area contributed by atoms with E-state index in [0.29, 0.717) is 11.4 Å². The van der Waals surface area contributed by atoms with E-state index < -0.39 is 5.97 Å². The number of benzene rings is 1. The van der Waals surface area contributed by atoms with Gasteiger partial charge in [-0.1, -0.05) is 0 Å². The molecule has 0 atom stereocenters. The SMILES string of the molecule is COc1cc(NCc2ncncc2C(=O)O)c(Br)cc1Br. The Morgan fingerprint density at radius 3 is 2.81 bits per heavy atom. The molecule has 0 aliphatic carbocycles. The van der Waals surface area contributed by atoms with Crippen LogP contribution in [0.4, 0.5) is 5.69 Å². The number of nitrogens with one attached hydrogen (secondary N) is 1. The summed E-state index contributed by atoms with van der Waals surface area (Å²) in [6.45, 7) is 0.257. The van der Waals surface area contributed by atoms with Crippen molar-refractivity contribution in [3.63, 3.8) is 0 Å². The van der Waals surface area contributed by atoms with Crippen molar-refractivity contribution in [2.24, 2.45) is 0 Å². The minimum Gasteiger partial charge on any atom is -0.495 e. The van der Waals surface area contributed by atoms with Crippen LogP contribution in [-0.2, 0) is 6.54 Å². The Labute approximate surface area is 137 Å². The number of halogens is 2. The number of hydrogen-bond acceptors (Lipinski definition) is 5. The number of aromatic nitrogens is 2. The number of aromatic carboxylic acids is 1. The van der Waals surface area contributed by atoms with E-state index in [0.717, 1.165) is 14.6 Å². The minimum absolute atomic E-state index is 0.0743. The van der Waals surface area contributed by atoms with Crippen molar-refractivity contribution in [3.05, 3.63) is 44.9 Å². The summed E-state index contributed by atoms with van der Waals surface area (Å²) >= 11 is 6.82. The van der Waals surface area contributed by atoms with Crippen LogP contribution in [0.15, 0.2) is 33.6 Å². The van der Waals surface area contributed by atoms with Gasteiger partial charge in [0.25, 0.3) is 0 Å². The third-order valence-electron chi connectivity index (χ3n) is 2.71. The van der Waals surface area contributed by atoms with Crippen LogP contribution in [0.3, 0.4) is 0 Å². The Morgan fingerprint density at radius 2 is 2.14 bits per heavy atom. The van der Waals surface area contributed by atoms with Gasteiger partial charge in [-0.15, -0.1) is 0 Å². The second kappa shape index (κ2) is 6.86. The normalized spacial score (nSPS) is 10.2. The van der Waals surface area contributed by atoms with E-state index in [1.54, 1.807) is 13.2 Å². The number of carboxylic acids is 1. The van der Waals surface area contributed by atoms with E-state index >= 15 is 0 Å². The van der Waals surface area contributed by atoms with Gasteiger partial charge in [-0.05, 0) is 37.9 Å². The molecular weight excluding hydrogens is 406 g/mol. The molecule has 0 radical (unpaired) electrons. The molecule has 0 unspecified atom stereocenters. The molecule has 2 aromatic rings. The Bertz CT molecular complexity index is 680. The number of hydrogen-bond donors (Lipinski definition) is 2. The average Bonchev–Trinajstić information content (AvgIpc) is 2.46. The van der Waals surface area contributed by atoms with Crippen LogP contribution >= 0.6 is 31.9 Å². The Morgan fingerprint density at radius 1 is 1.38 bits per heavy atom. The number of methoxy groups -OCH3 is 1. The number of carboxylic acid groups (broad SMARTS) is 1. The fourth-order valence-corrected chi connectivity index (χ4v) is 2.97. The quantitative estimate of drug-likeness (QED) is 0.777. The summed E-state index contributed by atoms with van der Waals surface area (Å²) in [4.78, 5) is 18.8. The first-order chi connectivity index (χ1) is 10.0. The van der Waals surface area contributed by atoms with Crippen molar-refractivity contribution in [1.82, 2.24) is 9.97 Å². The van der Waals surface area contributed by atoms with Crippen LogP contribution in [0.5, 0.6) is 5.75 Å². The number of ether oxygens (including phenoxy) is 1. The molecule has 0 saturated heterocycles. The number of anilines is 1. The maximum absolute atomic E-state index is 11.1. The first kappa shape index (κ1) is 15.7. The minimum atomic E-state index is -1.06. The van der Waals surface area contributed by atoms with Crippen molar-refractivity contribution in [3.8, 4) is 5.75 Å². The highest BCUT2D eigenvalue weighted by molar-refractivity contribution is 9.11. The van der Waals surface area contributed by atoms with E-state index in [-0.39, 0.29) is 12.1 Å². The fourth-order valence-electron chi connectivity index (χ4n) is 1.67. The largest absolute Gasteiger partial charge is 0.495 e. The lowest BCUT2D eigenvalue weighted by Crippen LogP contribution is -2.10. The predicted molar refractivity (Wildman–Crippen MR) is 84.7 cm³/mol. The summed E-state index contributed by atoms with van der Waals surface area (Å²) in [6.07, 6.45) is 2.60. The zero-order valence-electron chi connectivity index (χ0n) is 10.9. The molecule has 1 aromatic heterocycles. The van der Waals surface area contributed by atoms with Gasteiger partial charge in [-0.3, -0.25) is 0 Å². The summed E-state index contributed by atoms with van der Waals surface area (Å²) < 4.78 is 6.86. The summed E-state index contributed by atoms with van der Waals surface area (Å²) in [5.41, 5.74) is 1.25. The van der Waals surface area contributed by atoms with Gasteiger partial charge in [0.2, 0.25) is 0 Å². The van der Waals surface area contributed by atoms with Crippen LogP contribution in [0, 0.1) is 0 Å². The smallest absolute Gasteiger partial charge is 0.339 e. The second-order valence-electron chi connectivity index (χ2n) is 4.01. The molecule has 0 spiro atoms. The third kappa shape index (κ3) is 3.70. The fraction of sp³-hybridized carbons (Fsp3) is 0.154. The lowest BCUT2D eigenvalue weighted by atomic mass is 10.2. The highest BCUT2D eigenvalue weighted by atomic mass is 79.9. The molecule has 1 aromatic carbocycles. The maximum atomic E-state index is 11.1. The zero-order valence-corrected chi connectivity index (χ0v) is 14.1. The van der Waals surface area contributed by atoms with Gasteiger partial charge < -0.3 is 15.2 Å². The van der Waals surface area contributed by atoms with E-state index in [1.807, 2.05) is 6.07 Å². The standard InChI is InChI=1S/C13H11Br2N3O3/c1-21-12-3-10(8(14)2-9(12)15)17-5-11-7(13(19)20)4-16-6-18-11/h2-4,6,17H,5H2,1H3,(H,19,20). The molecule has 110 valence electrons. The highest BCUT2D eigenvalue weighted by Crippen LogP contribution is 2.34.